The molecule has 0 saturated heterocycles. The highest BCUT2D eigenvalue weighted by Gasteiger charge is 2.21. The predicted octanol–water partition coefficient (Wildman–Crippen LogP) is 3.72. The zero-order valence-electron chi connectivity index (χ0n) is 10.4. The number of hydrogen-bond acceptors (Lipinski definition) is 2. The molecule has 0 aliphatic rings. The Kier molecular flexibility index (Phi) is 4.81. The van der Waals surface area contributed by atoms with Gasteiger partial charge in [0.2, 0.25) is 0 Å². The van der Waals surface area contributed by atoms with E-state index in [-0.39, 0.29) is 0 Å². The van der Waals surface area contributed by atoms with Crippen molar-refractivity contribution in [2.75, 3.05) is 13.1 Å². The van der Waals surface area contributed by atoms with Crippen LogP contribution >= 0.6 is 11.3 Å². The summed E-state index contributed by atoms with van der Waals surface area (Å²) in [6.45, 7) is 11.3. The van der Waals surface area contributed by atoms with E-state index < -0.39 is 0 Å². The van der Waals surface area contributed by atoms with Crippen molar-refractivity contribution >= 4 is 11.3 Å². The van der Waals surface area contributed by atoms with Crippen LogP contribution in [0.3, 0.4) is 0 Å². The minimum absolute atomic E-state index is 0.319. The minimum atomic E-state index is 0.319. The molecular weight excluding hydrogens is 202 g/mol. The third-order valence-corrected chi connectivity index (χ3v) is 4.13. The SMILES string of the molecule is CCCNCCC(C)(C)c1ccc(C)s1. The number of hydrogen-bond donors (Lipinski definition) is 1. The zero-order chi connectivity index (χ0) is 11.3. The lowest BCUT2D eigenvalue weighted by Gasteiger charge is -2.23. The third-order valence-electron chi connectivity index (χ3n) is 2.76. The standard InChI is InChI=1S/C13H23NS/c1-5-9-14-10-8-13(3,4)12-7-6-11(2)15-12/h6-7,14H,5,8-10H2,1-4H3. The Hall–Kier alpha value is -0.340. The lowest BCUT2D eigenvalue weighted by Crippen LogP contribution is -2.25. The first-order chi connectivity index (χ1) is 7.06. The molecule has 1 aromatic heterocycles. The van der Waals surface area contributed by atoms with Crippen molar-refractivity contribution in [3.05, 3.63) is 21.9 Å². The molecule has 0 atom stereocenters. The van der Waals surface area contributed by atoms with Crippen LogP contribution in [0.25, 0.3) is 0 Å². The summed E-state index contributed by atoms with van der Waals surface area (Å²) < 4.78 is 0. The summed E-state index contributed by atoms with van der Waals surface area (Å²) in [6.07, 6.45) is 2.44. The van der Waals surface area contributed by atoms with E-state index in [0.717, 1.165) is 13.1 Å². The molecule has 0 unspecified atom stereocenters. The number of rotatable bonds is 6. The van der Waals surface area contributed by atoms with Gasteiger partial charge in [-0.25, -0.2) is 0 Å². The molecule has 1 N–H and O–H groups in total. The van der Waals surface area contributed by atoms with Crippen LogP contribution < -0.4 is 5.32 Å². The van der Waals surface area contributed by atoms with Gasteiger partial charge >= 0.3 is 0 Å². The minimum Gasteiger partial charge on any atom is -0.317 e. The molecule has 0 aliphatic carbocycles. The Morgan fingerprint density at radius 3 is 2.53 bits per heavy atom. The van der Waals surface area contributed by atoms with Gasteiger partial charge in [-0.05, 0) is 45.0 Å². The van der Waals surface area contributed by atoms with Gasteiger partial charge in [0.15, 0.2) is 0 Å². The summed E-state index contributed by atoms with van der Waals surface area (Å²) in [6, 6.07) is 4.50. The van der Waals surface area contributed by atoms with Crippen molar-refractivity contribution in [3.63, 3.8) is 0 Å². The van der Waals surface area contributed by atoms with Crippen molar-refractivity contribution in [2.45, 2.75) is 46.0 Å². The topological polar surface area (TPSA) is 12.0 Å². The number of thiophene rings is 1. The first kappa shape index (κ1) is 12.7. The Morgan fingerprint density at radius 1 is 1.27 bits per heavy atom. The average Bonchev–Trinajstić information content (AvgIpc) is 2.60. The van der Waals surface area contributed by atoms with Crippen LogP contribution in [0.1, 0.15) is 43.4 Å². The van der Waals surface area contributed by atoms with Crippen LogP contribution in [0, 0.1) is 6.92 Å². The van der Waals surface area contributed by atoms with Gasteiger partial charge in [0.1, 0.15) is 0 Å². The quantitative estimate of drug-likeness (QED) is 0.728. The summed E-state index contributed by atoms with van der Waals surface area (Å²) in [7, 11) is 0. The zero-order valence-corrected chi connectivity index (χ0v) is 11.2. The molecule has 15 heavy (non-hydrogen) atoms. The molecule has 1 heterocycles. The van der Waals surface area contributed by atoms with Crippen molar-refractivity contribution in [1.82, 2.24) is 5.32 Å². The first-order valence-corrected chi connectivity index (χ1v) is 6.65. The number of aryl methyl sites for hydroxylation is 1. The van der Waals surface area contributed by atoms with E-state index in [1.165, 1.54) is 22.6 Å². The Balaban J connectivity index is 2.44. The third kappa shape index (κ3) is 3.96. The molecule has 0 bridgehead atoms. The Morgan fingerprint density at radius 2 is 2.00 bits per heavy atom. The van der Waals surface area contributed by atoms with E-state index in [9.17, 15) is 0 Å². The maximum atomic E-state index is 3.47. The fraction of sp³-hybridized carbons (Fsp3) is 0.692. The van der Waals surface area contributed by atoms with Gasteiger partial charge < -0.3 is 5.32 Å². The van der Waals surface area contributed by atoms with E-state index in [1.807, 2.05) is 11.3 Å². The molecule has 1 aromatic rings. The van der Waals surface area contributed by atoms with Crippen LogP contribution in [0.2, 0.25) is 0 Å². The van der Waals surface area contributed by atoms with Crippen LogP contribution in [-0.2, 0) is 5.41 Å². The molecule has 0 aliphatic heterocycles. The highest BCUT2D eigenvalue weighted by molar-refractivity contribution is 7.12. The summed E-state index contributed by atoms with van der Waals surface area (Å²) in [4.78, 5) is 2.93. The van der Waals surface area contributed by atoms with Gasteiger partial charge in [0.05, 0.1) is 0 Å². The van der Waals surface area contributed by atoms with Crippen LogP contribution in [0.5, 0.6) is 0 Å². The molecule has 1 nitrogen and oxygen atoms in total. The second kappa shape index (κ2) is 5.66. The second-order valence-electron chi connectivity index (χ2n) is 4.79. The number of nitrogens with one attached hydrogen (secondary N) is 1. The maximum Gasteiger partial charge on any atom is 0.0105 e. The summed E-state index contributed by atoms with van der Waals surface area (Å²) in [5.74, 6) is 0. The van der Waals surface area contributed by atoms with Crippen molar-refractivity contribution in [1.29, 1.82) is 0 Å². The van der Waals surface area contributed by atoms with Crippen LogP contribution in [0.15, 0.2) is 12.1 Å². The van der Waals surface area contributed by atoms with Gasteiger partial charge in [0, 0.05) is 15.2 Å². The largest absolute Gasteiger partial charge is 0.317 e. The summed E-state index contributed by atoms with van der Waals surface area (Å²) in [5.41, 5.74) is 0.319. The molecule has 1 rings (SSSR count). The molecule has 0 fully saturated rings. The molecular formula is C13H23NS. The van der Waals surface area contributed by atoms with Gasteiger partial charge in [-0.15, -0.1) is 11.3 Å². The van der Waals surface area contributed by atoms with E-state index in [0.29, 0.717) is 5.41 Å². The summed E-state index contributed by atoms with van der Waals surface area (Å²) >= 11 is 1.93. The normalized spacial score (nSPS) is 12.0. The Labute approximate surface area is 97.9 Å². The van der Waals surface area contributed by atoms with Gasteiger partial charge in [-0.1, -0.05) is 20.8 Å². The van der Waals surface area contributed by atoms with E-state index in [2.05, 4.69) is 45.1 Å². The van der Waals surface area contributed by atoms with Gasteiger partial charge in [-0.3, -0.25) is 0 Å². The monoisotopic (exact) mass is 225 g/mol. The molecule has 86 valence electrons. The molecule has 0 spiro atoms. The Bertz CT molecular complexity index is 288. The van der Waals surface area contributed by atoms with Crippen LogP contribution in [-0.4, -0.2) is 13.1 Å². The van der Waals surface area contributed by atoms with E-state index in [4.69, 9.17) is 0 Å². The lowest BCUT2D eigenvalue weighted by atomic mass is 9.87. The molecule has 0 radical (unpaired) electrons. The van der Waals surface area contributed by atoms with Crippen molar-refractivity contribution < 1.29 is 0 Å². The molecule has 2 heteroatoms. The lowest BCUT2D eigenvalue weighted by molar-refractivity contribution is 0.465. The molecule has 0 saturated carbocycles. The van der Waals surface area contributed by atoms with Crippen LogP contribution in [0.4, 0.5) is 0 Å². The highest BCUT2D eigenvalue weighted by Crippen LogP contribution is 2.32. The van der Waals surface area contributed by atoms with Gasteiger partial charge in [0.25, 0.3) is 0 Å². The second-order valence-corrected chi connectivity index (χ2v) is 6.08. The molecule has 0 amide bonds. The van der Waals surface area contributed by atoms with E-state index in [1.54, 1.807) is 0 Å². The van der Waals surface area contributed by atoms with Gasteiger partial charge in [-0.2, -0.15) is 0 Å². The summed E-state index contributed by atoms with van der Waals surface area (Å²) in [5, 5.41) is 3.47. The van der Waals surface area contributed by atoms with Crippen molar-refractivity contribution in [3.8, 4) is 0 Å². The average molecular weight is 225 g/mol. The predicted molar refractivity (Wildman–Crippen MR) is 69.9 cm³/mol. The molecule has 0 aromatic carbocycles. The van der Waals surface area contributed by atoms with E-state index >= 15 is 0 Å². The first-order valence-electron chi connectivity index (χ1n) is 5.84. The van der Waals surface area contributed by atoms with Crippen molar-refractivity contribution in [2.24, 2.45) is 0 Å². The maximum absolute atomic E-state index is 3.47. The smallest absolute Gasteiger partial charge is 0.0105 e. The fourth-order valence-corrected chi connectivity index (χ4v) is 2.62. The fourth-order valence-electron chi connectivity index (χ4n) is 1.62. The highest BCUT2D eigenvalue weighted by atomic mass is 32.1.